The van der Waals surface area contributed by atoms with Gasteiger partial charge in [0, 0.05) is 13.7 Å². The van der Waals surface area contributed by atoms with Gasteiger partial charge >= 0.3 is 0 Å². The summed E-state index contributed by atoms with van der Waals surface area (Å²) in [6, 6.07) is 7.63. The molecule has 17 heavy (non-hydrogen) atoms. The van der Waals surface area contributed by atoms with Crippen LogP contribution in [0.1, 0.15) is 17.5 Å². The maximum absolute atomic E-state index is 9.25. The van der Waals surface area contributed by atoms with Gasteiger partial charge in [-0.15, -0.1) is 0 Å². The highest BCUT2D eigenvalue weighted by molar-refractivity contribution is 5.59. The molecule has 4 heteroatoms. The second kappa shape index (κ2) is 6.89. The maximum atomic E-state index is 9.25. The Morgan fingerprint density at radius 1 is 1.53 bits per heavy atom. The number of hydrogen-bond acceptors (Lipinski definition) is 4. The van der Waals surface area contributed by atoms with Gasteiger partial charge in [-0.25, -0.2) is 0 Å². The smallest absolute Gasteiger partial charge is 0.101 e. The van der Waals surface area contributed by atoms with Crippen molar-refractivity contribution in [2.45, 2.75) is 19.4 Å². The summed E-state index contributed by atoms with van der Waals surface area (Å²) in [5, 5.41) is 21.4. The lowest BCUT2D eigenvalue weighted by Gasteiger charge is -2.18. The Morgan fingerprint density at radius 2 is 2.29 bits per heavy atom. The van der Waals surface area contributed by atoms with Crippen molar-refractivity contribution in [3.8, 4) is 6.07 Å². The van der Waals surface area contributed by atoms with Crippen LogP contribution in [0.2, 0.25) is 0 Å². The van der Waals surface area contributed by atoms with Crippen LogP contribution < -0.4 is 5.32 Å². The van der Waals surface area contributed by atoms with Crippen LogP contribution in [0.3, 0.4) is 0 Å². The molecule has 1 aromatic carbocycles. The topological polar surface area (TPSA) is 65.3 Å². The number of rotatable bonds is 6. The number of hydrogen-bond donors (Lipinski definition) is 2. The zero-order valence-electron chi connectivity index (χ0n) is 10.2. The van der Waals surface area contributed by atoms with Gasteiger partial charge in [-0.2, -0.15) is 5.26 Å². The molecule has 1 atom stereocenters. The van der Waals surface area contributed by atoms with Crippen LogP contribution in [0.25, 0.3) is 0 Å². The van der Waals surface area contributed by atoms with Gasteiger partial charge < -0.3 is 15.2 Å². The third-order valence-electron chi connectivity index (χ3n) is 2.55. The summed E-state index contributed by atoms with van der Waals surface area (Å²) in [5.74, 6) is 0. The molecule has 0 aromatic heterocycles. The highest BCUT2D eigenvalue weighted by Gasteiger charge is 2.09. The summed E-state index contributed by atoms with van der Waals surface area (Å²) in [6.45, 7) is 2.56. The molecule has 0 aliphatic heterocycles. The number of benzene rings is 1. The fourth-order valence-electron chi connectivity index (χ4n) is 1.56. The van der Waals surface area contributed by atoms with Crippen LogP contribution in [0, 0.1) is 18.3 Å². The number of nitrogens with one attached hydrogen (secondary N) is 1. The molecule has 0 fully saturated rings. The summed E-state index contributed by atoms with van der Waals surface area (Å²) in [5.41, 5.74) is 2.43. The molecule has 0 radical (unpaired) electrons. The van der Waals surface area contributed by atoms with Crippen LogP contribution >= 0.6 is 0 Å². The molecule has 1 aromatic rings. The monoisotopic (exact) mass is 234 g/mol. The van der Waals surface area contributed by atoms with Crippen molar-refractivity contribution in [1.29, 1.82) is 5.26 Å². The van der Waals surface area contributed by atoms with E-state index in [9.17, 15) is 5.11 Å². The second-order valence-electron chi connectivity index (χ2n) is 3.97. The molecule has 92 valence electrons. The third kappa shape index (κ3) is 4.06. The summed E-state index contributed by atoms with van der Waals surface area (Å²) < 4.78 is 4.98. The van der Waals surface area contributed by atoms with E-state index >= 15 is 0 Å². The Morgan fingerprint density at radius 3 is 2.88 bits per heavy atom. The minimum Gasteiger partial charge on any atom is -0.394 e. The Labute approximate surface area is 102 Å². The molecule has 0 heterocycles. The van der Waals surface area contributed by atoms with E-state index in [0.717, 1.165) is 11.3 Å². The lowest BCUT2D eigenvalue weighted by Crippen LogP contribution is -2.25. The zero-order chi connectivity index (χ0) is 12.7. The van der Waals surface area contributed by atoms with Gasteiger partial charge in [0.25, 0.3) is 0 Å². The molecule has 0 saturated carbocycles. The molecule has 0 spiro atoms. The number of aliphatic hydroxyl groups is 1. The van der Waals surface area contributed by atoms with Gasteiger partial charge in [-0.1, -0.05) is 6.07 Å². The number of nitrogens with zero attached hydrogens (tertiary/aromatic N) is 1. The minimum absolute atomic E-state index is 0.0160. The number of anilines is 1. The fourth-order valence-corrected chi connectivity index (χ4v) is 1.56. The number of aryl methyl sites for hydroxylation is 1. The molecular formula is C13H18N2O2. The van der Waals surface area contributed by atoms with Crippen LogP contribution in [0.15, 0.2) is 18.2 Å². The molecule has 0 amide bonds. The van der Waals surface area contributed by atoms with E-state index in [2.05, 4.69) is 11.4 Å². The average Bonchev–Trinajstić information content (AvgIpc) is 2.34. The van der Waals surface area contributed by atoms with Gasteiger partial charge in [0.2, 0.25) is 0 Å². The maximum Gasteiger partial charge on any atom is 0.101 e. The molecule has 0 saturated heterocycles. The molecule has 0 aliphatic rings. The molecule has 4 nitrogen and oxygen atoms in total. The summed E-state index contributed by atoms with van der Waals surface area (Å²) >= 11 is 0. The van der Waals surface area contributed by atoms with E-state index in [-0.39, 0.29) is 12.6 Å². The molecular weight excluding hydrogens is 216 g/mol. The molecule has 2 N–H and O–H groups in total. The van der Waals surface area contributed by atoms with E-state index in [0.29, 0.717) is 18.6 Å². The predicted octanol–water partition coefficient (Wildman–Crippen LogP) is 1.68. The molecule has 0 bridgehead atoms. The first kappa shape index (κ1) is 13.5. The van der Waals surface area contributed by atoms with Gasteiger partial charge in [0.1, 0.15) is 6.07 Å². The Bertz CT molecular complexity index is 399. The SMILES string of the molecule is COCCC(CO)Nc1cc(C)ccc1C#N. The van der Waals surface area contributed by atoms with Gasteiger partial charge in [0.05, 0.1) is 23.9 Å². The van der Waals surface area contributed by atoms with Crippen molar-refractivity contribution in [3.05, 3.63) is 29.3 Å². The van der Waals surface area contributed by atoms with Gasteiger partial charge in [-0.3, -0.25) is 0 Å². The number of ether oxygens (including phenoxy) is 1. The standard InChI is InChI=1S/C13H18N2O2/c1-10-3-4-11(8-14)13(7-10)15-12(9-16)5-6-17-2/h3-4,7,12,15-16H,5-6,9H2,1-2H3. The second-order valence-corrected chi connectivity index (χ2v) is 3.97. The van der Waals surface area contributed by atoms with E-state index in [4.69, 9.17) is 10.00 Å². The van der Waals surface area contributed by atoms with Crippen molar-refractivity contribution < 1.29 is 9.84 Å². The van der Waals surface area contributed by atoms with E-state index in [1.54, 1.807) is 13.2 Å². The van der Waals surface area contributed by atoms with Crippen LogP contribution in [-0.4, -0.2) is 31.5 Å². The van der Waals surface area contributed by atoms with Crippen molar-refractivity contribution in [1.82, 2.24) is 0 Å². The molecule has 1 unspecified atom stereocenters. The minimum atomic E-state index is -0.0937. The first-order chi connectivity index (χ1) is 8.21. The lowest BCUT2D eigenvalue weighted by atomic mass is 10.1. The summed E-state index contributed by atoms with van der Waals surface area (Å²) in [4.78, 5) is 0. The van der Waals surface area contributed by atoms with Crippen molar-refractivity contribution in [2.75, 3.05) is 25.6 Å². The predicted molar refractivity (Wildman–Crippen MR) is 66.9 cm³/mol. The Balaban J connectivity index is 2.78. The molecule has 1 rings (SSSR count). The first-order valence-corrected chi connectivity index (χ1v) is 5.58. The van der Waals surface area contributed by atoms with Crippen LogP contribution in [0.5, 0.6) is 0 Å². The largest absolute Gasteiger partial charge is 0.394 e. The summed E-state index contributed by atoms with van der Waals surface area (Å²) in [6.07, 6.45) is 0.700. The van der Waals surface area contributed by atoms with Crippen LogP contribution in [-0.2, 0) is 4.74 Å². The number of aliphatic hydroxyl groups excluding tert-OH is 1. The van der Waals surface area contributed by atoms with Crippen LogP contribution in [0.4, 0.5) is 5.69 Å². The van der Waals surface area contributed by atoms with Gasteiger partial charge in [0.15, 0.2) is 0 Å². The Kier molecular flexibility index (Phi) is 5.47. The number of nitriles is 1. The van der Waals surface area contributed by atoms with Gasteiger partial charge in [-0.05, 0) is 31.0 Å². The average molecular weight is 234 g/mol. The summed E-state index contributed by atoms with van der Waals surface area (Å²) in [7, 11) is 1.63. The van der Waals surface area contributed by atoms with Crippen molar-refractivity contribution in [3.63, 3.8) is 0 Å². The normalized spacial score (nSPS) is 11.9. The van der Waals surface area contributed by atoms with Crippen molar-refractivity contribution in [2.24, 2.45) is 0 Å². The van der Waals surface area contributed by atoms with E-state index in [1.165, 1.54) is 0 Å². The fraction of sp³-hybridized carbons (Fsp3) is 0.462. The quantitative estimate of drug-likeness (QED) is 0.786. The highest BCUT2D eigenvalue weighted by atomic mass is 16.5. The highest BCUT2D eigenvalue weighted by Crippen LogP contribution is 2.18. The third-order valence-corrected chi connectivity index (χ3v) is 2.55. The molecule has 0 aliphatic carbocycles. The zero-order valence-corrected chi connectivity index (χ0v) is 10.2. The number of methoxy groups -OCH3 is 1. The Hall–Kier alpha value is -1.57. The van der Waals surface area contributed by atoms with Crippen molar-refractivity contribution >= 4 is 5.69 Å². The lowest BCUT2D eigenvalue weighted by molar-refractivity contribution is 0.174. The first-order valence-electron chi connectivity index (χ1n) is 5.58. The van der Waals surface area contributed by atoms with E-state index < -0.39 is 0 Å². The van der Waals surface area contributed by atoms with E-state index in [1.807, 2.05) is 19.1 Å².